The number of nitrogens with one attached hydrogen (secondary N) is 2. The summed E-state index contributed by atoms with van der Waals surface area (Å²) in [5.74, 6) is -0.302. The molecule has 2 unspecified atom stereocenters. The first-order chi connectivity index (χ1) is 12.5. The molecule has 1 amide bonds. The van der Waals surface area contributed by atoms with Crippen molar-refractivity contribution in [2.24, 2.45) is 0 Å². The van der Waals surface area contributed by atoms with Gasteiger partial charge >= 0.3 is 0 Å². The van der Waals surface area contributed by atoms with E-state index >= 15 is 0 Å². The summed E-state index contributed by atoms with van der Waals surface area (Å²) in [6, 6.07) is 7.51. The number of ether oxygens (including phenoxy) is 1. The Morgan fingerprint density at radius 2 is 1.74 bits per heavy atom. The van der Waals surface area contributed by atoms with Crippen LogP contribution >= 0.6 is 12.4 Å². The summed E-state index contributed by atoms with van der Waals surface area (Å²) in [7, 11) is -3.71. The second-order valence-electron chi connectivity index (χ2n) is 7.29. The van der Waals surface area contributed by atoms with Crippen LogP contribution in [-0.4, -0.2) is 63.1 Å². The van der Waals surface area contributed by atoms with E-state index in [1.807, 2.05) is 0 Å². The van der Waals surface area contributed by atoms with Crippen molar-refractivity contribution in [2.75, 3.05) is 26.3 Å². The highest BCUT2D eigenvalue weighted by Gasteiger charge is 2.35. The van der Waals surface area contributed by atoms with Gasteiger partial charge in [0, 0.05) is 31.2 Å². The third kappa shape index (κ3) is 4.30. The number of halogens is 1. The van der Waals surface area contributed by atoms with Crippen LogP contribution in [0.25, 0.3) is 0 Å². The lowest BCUT2D eigenvalue weighted by atomic mass is 9.99. The Morgan fingerprint density at radius 3 is 2.41 bits per heavy atom. The number of sulfonamides is 1. The van der Waals surface area contributed by atoms with Crippen molar-refractivity contribution in [3.05, 3.63) is 29.8 Å². The molecule has 2 N–H and O–H groups in total. The Labute approximate surface area is 166 Å². The summed E-state index contributed by atoms with van der Waals surface area (Å²) in [5.41, 5.74) is 0.227. The van der Waals surface area contributed by atoms with E-state index in [9.17, 15) is 13.2 Å². The average Bonchev–Trinajstić information content (AvgIpc) is 3.00. The molecule has 2 atom stereocenters. The molecule has 3 aliphatic heterocycles. The van der Waals surface area contributed by atoms with Crippen LogP contribution in [0.1, 0.15) is 36.0 Å². The van der Waals surface area contributed by atoms with Gasteiger partial charge in [-0.1, -0.05) is 12.1 Å². The van der Waals surface area contributed by atoms with Crippen molar-refractivity contribution in [2.45, 2.75) is 48.7 Å². The van der Waals surface area contributed by atoms with Gasteiger partial charge in [-0.05, 0) is 37.8 Å². The van der Waals surface area contributed by atoms with Crippen LogP contribution in [0.4, 0.5) is 0 Å². The van der Waals surface area contributed by atoms with Gasteiger partial charge in [0.05, 0.1) is 23.7 Å². The van der Waals surface area contributed by atoms with Crippen molar-refractivity contribution in [3.63, 3.8) is 0 Å². The molecule has 2 bridgehead atoms. The Hall–Kier alpha value is -1.19. The number of rotatable bonds is 4. The normalized spacial score (nSPS) is 28.4. The first kappa shape index (κ1) is 20.5. The Kier molecular flexibility index (Phi) is 6.43. The molecule has 3 saturated heterocycles. The van der Waals surface area contributed by atoms with Crippen molar-refractivity contribution >= 4 is 28.3 Å². The van der Waals surface area contributed by atoms with Crippen LogP contribution in [0, 0.1) is 0 Å². The van der Waals surface area contributed by atoms with Gasteiger partial charge in [-0.25, -0.2) is 8.42 Å². The Balaban J connectivity index is 0.00000210. The highest BCUT2D eigenvalue weighted by atomic mass is 35.5. The van der Waals surface area contributed by atoms with E-state index in [0.29, 0.717) is 38.4 Å². The van der Waals surface area contributed by atoms with E-state index in [2.05, 4.69) is 10.6 Å². The maximum atomic E-state index is 13.0. The van der Waals surface area contributed by atoms with E-state index in [1.165, 1.54) is 10.4 Å². The van der Waals surface area contributed by atoms with E-state index < -0.39 is 10.0 Å². The fourth-order valence-electron chi connectivity index (χ4n) is 4.24. The zero-order chi connectivity index (χ0) is 18.1. The second-order valence-corrected chi connectivity index (χ2v) is 9.20. The molecule has 4 rings (SSSR count). The highest BCUT2D eigenvalue weighted by molar-refractivity contribution is 7.89. The molecule has 1 aromatic carbocycles. The molecule has 27 heavy (non-hydrogen) atoms. The van der Waals surface area contributed by atoms with Gasteiger partial charge in [0.15, 0.2) is 0 Å². The number of morpholine rings is 1. The lowest BCUT2D eigenvalue weighted by Crippen LogP contribution is -2.48. The SMILES string of the molecule is Cl.O=C(NC1CC2CCC(C1)N2)c1ccccc1S(=O)(=O)N1CCOCC1. The van der Waals surface area contributed by atoms with Gasteiger partial charge in [-0.3, -0.25) is 4.79 Å². The summed E-state index contributed by atoms with van der Waals surface area (Å²) in [6.45, 7) is 1.39. The molecule has 0 radical (unpaired) electrons. The third-order valence-corrected chi connectivity index (χ3v) is 7.48. The molecule has 150 valence electrons. The zero-order valence-electron chi connectivity index (χ0n) is 15.1. The summed E-state index contributed by atoms with van der Waals surface area (Å²) in [6.07, 6.45) is 4.11. The lowest BCUT2D eigenvalue weighted by molar-refractivity contribution is 0.0729. The van der Waals surface area contributed by atoms with Crippen LogP contribution < -0.4 is 10.6 Å². The summed E-state index contributed by atoms with van der Waals surface area (Å²) in [4.78, 5) is 12.9. The van der Waals surface area contributed by atoms with Crippen molar-refractivity contribution in [3.8, 4) is 0 Å². The molecule has 9 heteroatoms. The number of fused-ring (bicyclic) bond motifs is 2. The minimum atomic E-state index is -3.71. The predicted molar refractivity (Wildman–Crippen MR) is 104 cm³/mol. The number of benzene rings is 1. The van der Waals surface area contributed by atoms with Crippen molar-refractivity contribution in [1.29, 1.82) is 0 Å². The van der Waals surface area contributed by atoms with E-state index in [0.717, 1.165) is 25.7 Å². The monoisotopic (exact) mass is 415 g/mol. The summed E-state index contributed by atoms with van der Waals surface area (Å²) >= 11 is 0. The quantitative estimate of drug-likeness (QED) is 0.770. The molecule has 0 aromatic heterocycles. The number of hydrogen-bond acceptors (Lipinski definition) is 5. The summed E-state index contributed by atoms with van der Waals surface area (Å²) in [5, 5.41) is 6.61. The number of nitrogens with zero attached hydrogens (tertiary/aromatic N) is 1. The molecular formula is C18H26ClN3O4S. The minimum absolute atomic E-state index is 0. The first-order valence-corrected chi connectivity index (χ1v) is 10.7. The fraction of sp³-hybridized carbons (Fsp3) is 0.611. The predicted octanol–water partition coefficient (Wildman–Crippen LogP) is 1.14. The second kappa shape index (κ2) is 8.45. The lowest BCUT2D eigenvalue weighted by Gasteiger charge is -2.30. The van der Waals surface area contributed by atoms with E-state index in [4.69, 9.17) is 4.74 Å². The number of piperidine rings is 1. The topological polar surface area (TPSA) is 87.7 Å². The van der Waals surface area contributed by atoms with Crippen LogP contribution in [0.2, 0.25) is 0 Å². The van der Waals surface area contributed by atoms with Crippen molar-refractivity contribution in [1.82, 2.24) is 14.9 Å². The molecule has 1 aromatic rings. The number of amides is 1. The smallest absolute Gasteiger partial charge is 0.252 e. The molecule has 0 saturated carbocycles. The third-order valence-electron chi connectivity index (χ3n) is 5.53. The van der Waals surface area contributed by atoms with Crippen LogP contribution in [0.15, 0.2) is 29.2 Å². The van der Waals surface area contributed by atoms with Gasteiger partial charge in [-0.15, -0.1) is 12.4 Å². The Bertz CT molecular complexity index is 771. The van der Waals surface area contributed by atoms with Crippen LogP contribution in [-0.2, 0) is 14.8 Å². The van der Waals surface area contributed by atoms with E-state index in [1.54, 1.807) is 18.2 Å². The number of carbonyl (C=O) groups excluding carboxylic acids is 1. The number of carbonyl (C=O) groups is 1. The Morgan fingerprint density at radius 1 is 1.11 bits per heavy atom. The van der Waals surface area contributed by atoms with Crippen molar-refractivity contribution < 1.29 is 17.9 Å². The fourth-order valence-corrected chi connectivity index (χ4v) is 5.84. The average molecular weight is 416 g/mol. The molecule has 3 fully saturated rings. The van der Waals surface area contributed by atoms with Crippen LogP contribution in [0.3, 0.4) is 0 Å². The van der Waals surface area contributed by atoms with Gasteiger partial charge < -0.3 is 15.4 Å². The van der Waals surface area contributed by atoms with Gasteiger partial charge in [0.25, 0.3) is 5.91 Å². The van der Waals surface area contributed by atoms with Gasteiger partial charge in [0.1, 0.15) is 0 Å². The largest absolute Gasteiger partial charge is 0.379 e. The van der Waals surface area contributed by atoms with E-state index in [-0.39, 0.29) is 34.8 Å². The minimum Gasteiger partial charge on any atom is -0.379 e. The van der Waals surface area contributed by atoms with Gasteiger partial charge in [-0.2, -0.15) is 4.31 Å². The van der Waals surface area contributed by atoms with Gasteiger partial charge in [0.2, 0.25) is 10.0 Å². The molecule has 0 spiro atoms. The highest BCUT2D eigenvalue weighted by Crippen LogP contribution is 2.27. The number of hydrogen-bond donors (Lipinski definition) is 2. The maximum absolute atomic E-state index is 13.0. The van der Waals surface area contributed by atoms with Crippen LogP contribution in [0.5, 0.6) is 0 Å². The zero-order valence-corrected chi connectivity index (χ0v) is 16.7. The molecule has 7 nitrogen and oxygen atoms in total. The summed E-state index contributed by atoms with van der Waals surface area (Å²) < 4.78 is 32.6. The molecular weight excluding hydrogens is 390 g/mol. The maximum Gasteiger partial charge on any atom is 0.252 e. The molecule has 3 aliphatic rings. The first-order valence-electron chi connectivity index (χ1n) is 9.28. The standard InChI is InChI=1S/C18H25N3O4S.ClH/c22-18(20-15-11-13-5-6-14(12-15)19-13)16-3-1-2-4-17(16)26(23,24)21-7-9-25-10-8-21;/h1-4,13-15,19H,5-12H2,(H,20,22);1H. The molecule has 3 heterocycles. The molecule has 0 aliphatic carbocycles.